The number of Topliss-reactive ketones (excluding diaryl/α,β-unsaturated/α-hetero) is 1. The molecule has 46 heavy (non-hydrogen) atoms. The van der Waals surface area contributed by atoms with Crippen molar-refractivity contribution in [2.75, 3.05) is 49.1 Å². The minimum atomic E-state index is -0.929. The van der Waals surface area contributed by atoms with Gasteiger partial charge in [-0.25, -0.2) is 14.8 Å². The monoisotopic (exact) mass is 642 g/mol. The molecule has 3 fully saturated rings. The smallest absolute Gasteiger partial charge is 0.407 e. The highest BCUT2D eigenvalue weighted by atomic mass is 35.5. The first-order valence-corrected chi connectivity index (χ1v) is 16.6. The van der Waals surface area contributed by atoms with E-state index in [0.717, 1.165) is 53.2 Å². The molecule has 7 rings (SSSR count). The molecule has 12 heteroatoms. The molecular formula is C34H39ClN8O3. The predicted octanol–water partition coefficient (Wildman–Crippen LogP) is 4.33. The van der Waals surface area contributed by atoms with Gasteiger partial charge < -0.3 is 25.1 Å². The zero-order chi connectivity index (χ0) is 32.2. The number of carboxylic acid groups (broad SMARTS) is 1. The van der Waals surface area contributed by atoms with E-state index in [1.165, 1.54) is 4.90 Å². The molecule has 3 aliphatic heterocycles. The summed E-state index contributed by atoms with van der Waals surface area (Å²) in [5, 5.41) is 25.3. The fourth-order valence-electron chi connectivity index (χ4n) is 7.85. The topological polar surface area (TPSA) is 129 Å². The van der Waals surface area contributed by atoms with Crippen molar-refractivity contribution >= 4 is 45.8 Å². The lowest BCUT2D eigenvalue weighted by molar-refractivity contribution is 0.0166. The number of aromatic nitrogens is 2. The van der Waals surface area contributed by atoms with E-state index in [4.69, 9.17) is 21.6 Å². The summed E-state index contributed by atoms with van der Waals surface area (Å²) in [5.41, 5.74) is 2.21. The van der Waals surface area contributed by atoms with Crippen LogP contribution in [0.15, 0.2) is 36.4 Å². The van der Waals surface area contributed by atoms with Crippen LogP contribution in [0.4, 0.5) is 16.3 Å². The maximum atomic E-state index is 14.5. The second-order valence-electron chi connectivity index (χ2n) is 13.2. The highest BCUT2D eigenvalue weighted by molar-refractivity contribution is 6.36. The maximum Gasteiger partial charge on any atom is 0.407 e. The molecule has 0 spiro atoms. The van der Waals surface area contributed by atoms with Crippen molar-refractivity contribution in [1.29, 1.82) is 5.26 Å². The predicted molar refractivity (Wildman–Crippen MR) is 177 cm³/mol. The van der Waals surface area contributed by atoms with Crippen molar-refractivity contribution in [3.05, 3.63) is 58.5 Å². The van der Waals surface area contributed by atoms with Crippen LogP contribution >= 0.6 is 11.6 Å². The molecular weight excluding hydrogens is 604 g/mol. The van der Waals surface area contributed by atoms with Gasteiger partial charge >= 0.3 is 6.09 Å². The summed E-state index contributed by atoms with van der Waals surface area (Å²) in [4.78, 5) is 44.6. The molecule has 3 unspecified atom stereocenters. The summed E-state index contributed by atoms with van der Waals surface area (Å²) in [7, 11) is 0. The summed E-state index contributed by atoms with van der Waals surface area (Å²) < 4.78 is 0. The van der Waals surface area contributed by atoms with Crippen LogP contribution in [-0.4, -0.2) is 99.7 Å². The molecule has 2 aromatic carbocycles. The van der Waals surface area contributed by atoms with E-state index in [9.17, 15) is 20.0 Å². The second kappa shape index (κ2) is 12.0. The van der Waals surface area contributed by atoms with E-state index in [2.05, 4.69) is 44.3 Å². The number of hydrogen-bond acceptors (Lipinski definition) is 9. The van der Waals surface area contributed by atoms with Crippen molar-refractivity contribution in [3.63, 3.8) is 0 Å². The van der Waals surface area contributed by atoms with Gasteiger partial charge in [0.05, 0.1) is 35.3 Å². The highest BCUT2D eigenvalue weighted by Crippen LogP contribution is 2.46. The van der Waals surface area contributed by atoms with Crippen molar-refractivity contribution in [2.24, 2.45) is 0 Å². The summed E-state index contributed by atoms with van der Waals surface area (Å²) in [6.45, 7) is 8.13. The Hall–Kier alpha value is -3.98. The number of halogens is 1. The van der Waals surface area contributed by atoms with Gasteiger partial charge in [0.15, 0.2) is 5.82 Å². The number of ketones is 1. The van der Waals surface area contributed by atoms with Crippen LogP contribution in [0, 0.1) is 11.3 Å². The SMILES string of the molecule is CC1CN(C2(C(=O)c3nc4c(c(N5CCNC(CC#N)C5)n3)CCN(c3cccc5cccc(Cl)c35)C4)CC2)CC(C)N1C(=O)O. The quantitative estimate of drug-likeness (QED) is 0.375. The number of hydrogen-bond donors (Lipinski definition) is 2. The van der Waals surface area contributed by atoms with E-state index >= 15 is 0 Å². The molecule has 0 bridgehead atoms. The van der Waals surface area contributed by atoms with Gasteiger partial charge in [0, 0.05) is 74.0 Å². The average molecular weight is 643 g/mol. The Kier molecular flexibility index (Phi) is 7.99. The van der Waals surface area contributed by atoms with Crippen molar-refractivity contribution in [1.82, 2.24) is 25.1 Å². The Bertz CT molecular complexity index is 1720. The lowest BCUT2D eigenvalue weighted by Gasteiger charge is -2.45. The second-order valence-corrected chi connectivity index (χ2v) is 13.6. The number of nitrogens with one attached hydrogen (secondary N) is 1. The largest absolute Gasteiger partial charge is 0.465 e. The number of nitrogens with zero attached hydrogens (tertiary/aromatic N) is 7. The number of carbonyl (C=O) groups is 2. The third kappa shape index (κ3) is 5.32. The van der Waals surface area contributed by atoms with Gasteiger partial charge in [0.2, 0.25) is 5.78 Å². The van der Waals surface area contributed by atoms with Crippen LogP contribution in [0.2, 0.25) is 5.02 Å². The molecule has 11 nitrogen and oxygen atoms in total. The third-order valence-electron chi connectivity index (χ3n) is 10.2. The van der Waals surface area contributed by atoms with Gasteiger partial charge in [0.25, 0.3) is 0 Å². The number of carbonyl (C=O) groups excluding carboxylic acids is 1. The van der Waals surface area contributed by atoms with Crippen molar-refractivity contribution in [2.45, 2.75) is 69.7 Å². The van der Waals surface area contributed by atoms with Gasteiger partial charge in [-0.3, -0.25) is 9.69 Å². The molecule has 3 atom stereocenters. The van der Waals surface area contributed by atoms with Gasteiger partial charge in [-0.2, -0.15) is 5.26 Å². The van der Waals surface area contributed by atoms with Gasteiger partial charge in [-0.1, -0.05) is 35.9 Å². The molecule has 0 radical (unpaired) electrons. The minimum Gasteiger partial charge on any atom is -0.465 e. The number of benzene rings is 2. The highest BCUT2D eigenvalue weighted by Gasteiger charge is 2.57. The Balaban J connectivity index is 1.26. The van der Waals surface area contributed by atoms with Crippen molar-refractivity contribution in [3.8, 4) is 6.07 Å². The van der Waals surface area contributed by atoms with Crippen LogP contribution in [0.5, 0.6) is 0 Å². The lowest BCUT2D eigenvalue weighted by atomic mass is 9.99. The third-order valence-corrected chi connectivity index (χ3v) is 10.5. The molecule has 1 amide bonds. The molecule has 240 valence electrons. The van der Waals surface area contributed by atoms with Crippen LogP contribution in [0.25, 0.3) is 10.8 Å². The lowest BCUT2D eigenvalue weighted by Crippen LogP contribution is -2.62. The molecule has 4 heterocycles. The molecule has 1 aliphatic carbocycles. The number of amides is 1. The van der Waals surface area contributed by atoms with Gasteiger partial charge in [0.1, 0.15) is 5.82 Å². The summed E-state index contributed by atoms with van der Waals surface area (Å²) >= 11 is 6.72. The maximum absolute atomic E-state index is 14.5. The van der Waals surface area contributed by atoms with E-state index in [1.54, 1.807) is 0 Å². The van der Waals surface area contributed by atoms with Crippen LogP contribution in [0.1, 0.15) is 55.0 Å². The molecule has 1 aromatic heterocycles. The number of anilines is 2. The number of rotatable bonds is 6. The fraction of sp³-hybridized carbons (Fsp3) is 0.500. The standard InChI is InChI=1S/C34H39ClN8O3/c1-21-17-42(18-22(2)43(21)33(45)46)34(11-12-34)30(44)31-38-27-20-40(28-8-4-6-23-5-3-7-26(35)29(23)28)15-10-25(27)32(39-31)41-16-14-37-24(19-41)9-13-36/h3-8,21-22,24,37H,9-12,14-20H2,1-2H3,(H,45,46). The van der Waals surface area contributed by atoms with E-state index < -0.39 is 11.6 Å². The summed E-state index contributed by atoms with van der Waals surface area (Å²) in [6.07, 6.45) is 1.58. The van der Waals surface area contributed by atoms with E-state index in [0.29, 0.717) is 56.9 Å². The molecule has 4 aliphatic rings. The van der Waals surface area contributed by atoms with Crippen molar-refractivity contribution < 1.29 is 14.7 Å². The average Bonchev–Trinajstić information content (AvgIpc) is 3.86. The van der Waals surface area contributed by atoms with Crippen LogP contribution in [0.3, 0.4) is 0 Å². The summed E-state index contributed by atoms with van der Waals surface area (Å²) in [6, 6.07) is 14.0. The zero-order valence-corrected chi connectivity index (χ0v) is 27.0. The first kappa shape index (κ1) is 30.7. The number of piperazine rings is 2. The van der Waals surface area contributed by atoms with Crippen LogP contribution in [-0.2, 0) is 13.0 Å². The Morgan fingerprint density at radius 2 is 1.80 bits per heavy atom. The normalized spacial score (nSPS) is 24.4. The zero-order valence-electron chi connectivity index (χ0n) is 26.2. The number of nitriles is 1. The Labute approximate surface area is 273 Å². The Morgan fingerprint density at radius 1 is 1.07 bits per heavy atom. The number of fused-ring (bicyclic) bond motifs is 2. The molecule has 1 saturated carbocycles. The van der Waals surface area contributed by atoms with E-state index in [-0.39, 0.29) is 29.7 Å². The Morgan fingerprint density at radius 3 is 2.50 bits per heavy atom. The first-order chi connectivity index (χ1) is 22.2. The van der Waals surface area contributed by atoms with Gasteiger partial charge in [-0.15, -0.1) is 0 Å². The fourth-order valence-corrected chi connectivity index (χ4v) is 8.13. The van der Waals surface area contributed by atoms with Crippen LogP contribution < -0.4 is 15.1 Å². The molecule has 2 saturated heterocycles. The van der Waals surface area contributed by atoms with Gasteiger partial charge in [-0.05, 0) is 50.6 Å². The first-order valence-electron chi connectivity index (χ1n) is 16.2. The van der Waals surface area contributed by atoms with E-state index in [1.807, 2.05) is 32.0 Å². The minimum absolute atomic E-state index is 0.0183. The molecule has 3 aromatic rings. The molecule has 2 N–H and O–H groups in total. The summed E-state index contributed by atoms with van der Waals surface area (Å²) in [5.74, 6) is 0.927.